The van der Waals surface area contributed by atoms with Crippen LogP contribution in [-0.4, -0.2) is 35.3 Å². The summed E-state index contributed by atoms with van der Waals surface area (Å²) in [6.07, 6.45) is -4.47. The van der Waals surface area contributed by atoms with Crippen molar-refractivity contribution < 1.29 is 22.7 Å². The number of hydrogen-bond donors (Lipinski definition) is 3. The lowest BCUT2D eigenvalue weighted by molar-refractivity contribution is -0.174. The van der Waals surface area contributed by atoms with Crippen LogP contribution in [0.15, 0.2) is 23.0 Å². The van der Waals surface area contributed by atoms with Crippen LogP contribution in [0.2, 0.25) is 0 Å². The lowest BCUT2D eigenvalue weighted by atomic mass is 10.3. The molecule has 0 aliphatic rings. The largest absolute Gasteiger partial charge is 0.411 e. The van der Waals surface area contributed by atoms with Gasteiger partial charge in [-0.05, 0) is 18.2 Å². The number of anilines is 1. The van der Waals surface area contributed by atoms with Gasteiger partial charge in [0.25, 0.3) is 0 Å². The predicted octanol–water partition coefficient (Wildman–Crippen LogP) is 1.37. The molecule has 6 nitrogen and oxygen atoms in total. The van der Waals surface area contributed by atoms with E-state index in [1.807, 2.05) is 0 Å². The van der Waals surface area contributed by atoms with Crippen molar-refractivity contribution in [2.45, 2.75) is 6.18 Å². The van der Waals surface area contributed by atoms with E-state index in [2.05, 4.69) is 20.0 Å². The molecular formula is C11H10F3N3O3. The molecule has 20 heavy (non-hydrogen) atoms. The minimum absolute atomic E-state index is 0.341. The Labute approximate surface area is 109 Å². The standard InChI is InChI=1S/C11H10F3N3O3/c12-11(13,14)5-20-4-9(18)15-6-1-2-7-8(3-6)17-10(19)16-7/h1-3H,4-5H2,(H,15,18)(H2,16,17,19). The minimum atomic E-state index is -4.47. The minimum Gasteiger partial charge on any atom is -0.362 e. The quantitative estimate of drug-likeness (QED) is 0.794. The van der Waals surface area contributed by atoms with Crippen LogP contribution in [0.4, 0.5) is 18.9 Å². The highest BCUT2D eigenvalue weighted by molar-refractivity contribution is 5.93. The first kappa shape index (κ1) is 14.1. The number of ether oxygens (including phenoxy) is 1. The molecule has 1 heterocycles. The van der Waals surface area contributed by atoms with Crippen LogP contribution in [0, 0.1) is 0 Å². The number of carbonyl (C=O) groups excluding carboxylic acids is 1. The Morgan fingerprint density at radius 2 is 1.95 bits per heavy atom. The Morgan fingerprint density at radius 3 is 2.65 bits per heavy atom. The number of amides is 1. The van der Waals surface area contributed by atoms with Gasteiger partial charge in [0.05, 0.1) is 11.0 Å². The summed E-state index contributed by atoms with van der Waals surface area (Å²) in [5.74, 6) is -0.716. The molecule has 1 aromatic heterocycles. The molecule has 0 aliphatic heterocycles. The number of rotatable bonds is 4. The molecule has 0 bridgehead atoms. The van der Waals surface area contributed by atoms with Crippen LogP contribution in [0.5, 0.6) is 0 Å². The highest BCUT2D eigenvalue weighted by Crippen LogP contribution is 2.15. The lowest BCUT2D eigenvalue weighted by Crippen LogP contribution is -2.23. The molecule has 0 saturated heterocycles. The Bertz CT molecular complexity index is 675. The second-order valence-corrected chi connectivity index (χ2v) is 4.00. The number of aromatic nitrogens is 2. The van der Waals surface area contributed by atoms with Gasteiger partial charge in [-0.2, -0.15) is 13.2 Å². The fourth-order valence-corrected chi connectivity index (χ4v) is 1.57. The summed E-state index contributed by atoms with van der Waals surface area (Å²) in [7, 11) is 0. The summed E-state index contributed by atoms with van der Waals surface area (Å²) in [4.78, 5) is 27.4. The average molecular weight is 289 g/mol. The van der Waals surface area contributed by atoms with Gasteiger partial charge in [0.2, 0.25) is 5.91 Å². The topological polar surface area (TPSA) is 87.0 Å². The number of nitrogens with one attached hydrogen (secondary N) is 3. The molecule has 9 heteroatoms. The fourth-order valence-electron chi connectivity index (χ4n) is 1.57. The molecule has 1 aromatic carbocycles. The zero-order valence-corrected chi connectivity index (χ0v) is 10.0. The second kappa shape index (κ2) is 5.37. The first-order chi connectivity index (χ1) is 9.33. The smallest absolute Gasteiger partial charge is 0.362 e. The Kier molecular flexibility index (Phi) is 3.79. The van der Waals surface area contributed by atoms with E-state index >= 15 is 0 Å². The lowest BCUT2D eigenvalue weighted by Gasteiger charge is -2.08. The number of aromatic amines is 2. The van der Waals surface area contributed by atoms with Crippen LogP contribution in [0.25, 0.3) is 11.0 Å². The number of H-pyrrole nitrogens is 2. The van der Waals surface area contributed by atoms with Crippen molar-refractivity contribution >= 4 is 22.6 Å². The van der Waals surface area contributed by atoms with E-state index in [9.17, 15) is 22.8 Å². The van der Waals surface area contributed by atoms with E-state index in [-0.39, 0.29) is 0 Å². The predicted molar refractivity (Wildman–Crippen MR) is 64.4 cm³/mol. The van der Waals surface area contributed by atoms with Crippen molar-refractivity contribution in [1.82, 2.24) is 9.97 Å². The van der Waals surface area contributed by atoms with Crippen LogP contribution in [0.1, 0.15) is 0 Å². The molecule has 2 rings (SSSR count). The molecule has 0 saturated carbocycles. The number of hydrogen-bond acceptors (Lipinski definition) is 3. The Balaban J connectivity index is 1.94. The molecule has 0 aliphatic carbocycles. The molecule has 108 valence electrons. The van der Waals surface area contributed by atoms with Gasteiger partial charge in [-0.15, -0.1) is 0 Å². The van der Waals surface area contributed by atoms with Crippen LogP contribution < -0.4 is 11.0 Å². The van der Waals surface area contributed by atoms with Crippen LogP contribution >= 0.6 is 0 Å². The molecule has 0 radical (unpaired) electrons. The van der Waals surface area contributed by atoms with E-state index in [0.717, 1.165) is 0 Å². The fraction of sp³-hybridized carbons (Fsp3) is 0.273. The van der Waals surface area contributed by atoms with E-state index in [1.165, 1.54) is 12.1 Å². The summed E-state index contributed by atoms with van der Waals surface area (Å²) in [5, 5.41) is 2.36. The van der Waals surface area contributed by atoms with E-state index in [0.29, 0.717) is 16.7 Å². The normalized spacial score (nSPS) is 11.8. The number of fused-ring (bicyclic) bond motifs is 1. The number of halogens is 3. The van der Waals surface area contributed by atoms with Crippen molar-refractivity contribution in [2.24, 2.45) is 0 Å². The summed E-state index contributed by atoms with van der Waals surface area (Å²) in [5.41, 5.74) is 0.982. The van der Waals surface area contributed by atoms with Gasteiger partial charge in [-0.25, -0.2) is 4.79 Å². The maximum Gasteiger partial charge on any atom is 0.411 e. The van der Waals surface area contributed by atoms with Crippen molar-refractivity contribution in [3.05, 3.63) is 28.7 Å². The molecule has 3 N–H and O–H groups in total. The maximum atomic E-state index is 11.8. The number of carbonyl (C=O) groups is 1. The van der Waals surface area contributed by atoms with Gasteiger partial charge >= 0.3 is 11.9 Å². The third-order valence-corrected chi connectivity index (χ3v) is 2.30. The molecule has 0 spiro atoms. The van der Waals surface area contributed by atoms with E-state index in [4.69, 9.17) is 0 Å². The van der Waals surface area contributed by atoms with Crippen molar-refractivity contribution in [2.75, 3.05) is 18.5 Å². The molecule has 0 fully saturated rings. The summed E-state index contributed by atoms with van der Waals surface area (Å²) < 4.78 is 39.7. The zero-order chi connectivity index (χ0) is 14.8. The van der Waals surface area contributed by atoms with Gasteiger partial charge in [0.1, 0.15) is 13.2 Å². The van der Waals surface area contributed by atoms with Gasteiger partial charge in [-0.3, -0.25) is 4.79 Å². The third-order valence-electron chi connectivity index (χ3n) is 2.30. The summed E-state index contributed by atoms with van der Waals surface area (Å²) in [6, 6.07) is 4.54. The Hall–Kier alpha value is -2.29. The van der Waals surface area contributed by atoms with Crippen molar-refractivity contribution in [1.29, 1.82) is 0 Å². The van der Waals surface area contributed by atoms with Gasteiger partial charge in [-0.1, -0.05) is 0 Å². The highest BCUT2D eigenvalue weighted by atomic mass is 19.4. The molecule has 0 unspecified atom stereocenters. The first-order valence-electron chi connectivity index (χ1n) is 5.50. The van der Waals surface area contributed by atoms with Crippen LogP contribution in [-0.2, 0) is 9.53 Å². The molecule has 2 aromatic rings. The number of benzene rings is 1. The third kappa shape index (κ3) is 3.85. The summed E-state index contributed by atoms with van der Waals surface area (Å²) in [6.45, 7) is -2.19. The monoisotopic (exact) mass is 289 g/mol. The molecule has 0 atom stereocenters. The number of alkyl halides is 3. The second-order valence-electron chi connectivity index (χ2n) is 4.00. The zero-order valence-electron chi connectivity index (χ0n) is 10.0. The van der Waals surface area contributed by atoms with Gasteiger partial charge in [0, 0.05) is 5.69 Å². The maximum absolute atomic E-state index is 11.8. The molecule has 1 amide bonds. The van der Waals surface area contributed by atoms with Gasteiger partial charge < -0.3 is 20.0 Å². The van der Waals surface area contributed by atoms with Crippen LogP contribution in [0.3, 0.4) is 0 Å². The van der Waals surface area contributed by atoms with Gasteiger partial charge in [0.15, 0.2) is 0 Å². The summed E-state index contributed by atoms with van der Waals surface area (Å²) >= 11 is 0. The number of imidazole rings is 1. The highest BCUT2D eigenvalue weighted by Gasteiger charge is 2.27. The average Bonchev–Trinajstić information content (AvgIpc) is 2.66. The van der Waals surface area contributed by atoms with E-state index in [1.54, 1.807) is 6.07 Å². The Morgan fingerprint density at radius 1 is 1.25 bits per heavy atom. The van der Waals surface area contributed by atoms with Crippen molar-refractivity contribution in [3.8, 4) is 0 Å². The van der Waals surface area contributed by atoms with E-state index < -0.39 is 31.0 Å². The SMILES string of the molecule is O=C(COCC(F)(F)F)Nc1ccc2[nH]c(=O)[nH]c2c1. The first-order valence-corrected chi connectivity index (χ1v) is 5.50. The van der Waals surface area contributed by atoms with Crippen molar-refractivity contribution in [3.63, 3.8) is 0 Å². The molecular weight excluding hydrogens is 279 g/mol.